The fourth-order valence-electron chi connectivity index (χ4n) is 0. The summed E-state index contributed by atoms with van der Waals surface area (Å²) in [6.45, 7) is 0. The molecule has 0 radical (unpaired) electrons. The number of hydrogen-bond donors (Lipinski definition) is 1. The van der Waals surface area contributed by atoms with E-state index in [1.807, 2.05) is 0 Å². The van der Waals surface area contributed by atoms with Crippen molar-refractivity contribution in [1.29, 1.82) is 5.26 Å². The van der Waals surface area contributed by atoms with E-state index in [1.54, 1.807) is 0 Å². The van der Waals surface area contributed by atoms with Gasteiger partial charge in [-0.3, -0.25) is 0 Å². The van der Waals surface area contributed by atoms with Crippen LogP contribution in [0, 0.1) is 11.5 Å². The zero-order chi connectivity index (χ0) is 2.71. The maximum absolute atomic E-state index is 6.88. The van der Waals surface area contributed by atoms with Crippen LogP contribution in [0.4, 0.5) is 0 Å². The first kappa shape index (κ1) is 551. The Hall–Kier alpha value is 0.409. The van der Waals surface area contributed by atoms with Gasteiger partial charge in [0.25, 0.3) is 6.26 Å². The number of rotatable bonds is 0. The molecular weight excluding hydrogens is 281 g/mol. The molecule has 15 heavy (non-hydrogen) atoms. The normalized spacial score (nSPS) is 0.467. The summed E-state index contributed by atoms with van der Waals surface area (Å²) < 4.78 is 0. The molecule has 0 fully saturated rings. The topological polar surface area (TPSA) is 359 Å². The van der Waals surface area contributed by atoms with Gasteiger partial charge in [0.15, 0.2) is 0 Å². The van der Waals surface area contributed by atoms with Gasteiger partial charge in [0, 0.05) is 17.1 Å². The molecule has 21 N–H and O–H groups in total. The number of hydrogen-bond acceptors (Lipinski definition) is 2. The molecule has 0 heterocycles. The molecule has 0 atom stereocenters. The molecule has 0 rings (SSSR count). The molecule has 0 saturated heterocycles. The van der Waals surface area contributed by atoms with Gasteiger partial charge >= 0.3 is 29.6 Å². The van der Waals surface area contributed by atoms with Gasteiger partial charge in [-0.15, -0.1) is 0 Å². The average Bonchev–Trinajstić information content (AvgIpc) is 0.918. The number of nitrogens with zero attached hydrogens (tertiary/aromatic N) is 1. The van der Waals surface area contributed by atoms with Crippen LogP contribution in [0.5, 0.6) is 0 Å². The minimum atomic E-state index is 0. The fraction of sp³-hybridized carbons (Fsp3) is 0. The van der Waals surface area contributed by atoms with E-state index < -0.39 is 0 Å². The third-order valence-corrected chi connectivity index (χ3v) is 0. The van der Waals surface area contributed by atoms with Crippen LogP contribution in [0.3, 0.4) is 0 Å². The molecule has 0 saturated carbocycles. The molecule has 0 aromatic rings. The van der Waals surface area contributed by atoms with Crippen molar-refractivity contribution in [2.75, 3.05) is 0 Å². The van der Waals surface area contributed by atoms with Gasteiger partial charge in [-0.1, -0.05) is 0 Å². The molecule has 14 heteroatoms. The van der Waals surface area contributed by atoms with Crippen LogP contribution < -0.4 is 0 Å². The first-order valence-electron chi connectivity index (χ1n) is 0.447. The van der Waals surface area contributed by atoms with E-state index in [0.29, 0.717) is 0 Å². The Balaban J connectivity index is -0.000000000303. The third kappa shape index (κ3) is 13200. The number of aliphatic hydroxyl groups is 1. The summed E-state index contributed by atoms with van der Waals surface area (Å²) in [6, 6.07) is 0. The summed E-state index contributed by atoms with van der Waals surface area (Å²) in [5.41, 5.74) is 0. The fourth-order valence-corrected chi connectivity index (χ4v) is 0. The van der Waals surface area contributed by atoms with Crippen molar-refractivity contribution in [3.63, 3.8) is 0 Å². The second-order valence-corrected chi connectivity index (χ2v) is 0.100. The Kier molecular flexibility index (Phi) is 47900. The molecule has 0 bridgehead atoms. The summed E-state index contributed by atoms with van der Waals surface area (Å²) in [6.07, 6.45) is 0.750. The van der Waals surface area contributed by atoms with Crippen molar-refractivity contribution in [1.82, 2.24) is 0 Å². The standard InChI is InChI=1S/CHNO.Fe.Na.10H2O.H/c2-1-3;;;;;;;;;;;;;/h3H;;;10*1H2;. The van der Waals surface area contributed by atoms with Crippen molar-refractivity contribution in [2.24, 2.45) is 0 Å². The van der Waals surface area contributed by atoms with Crippen molar-refractivity contribution >= 4 is 29.6 Å². The summed E-state index contributed by atoms with van der Waals surface area (Å²) in [5.74, 6) is 0. The van der Waals surface area contributed by atoms with Gasteiger partial charge in [0.05, 0.1) is 0 Å². The van der Waals surface area contributed by atoms with Crippen LogP contribution in [0.2, 0.25) is 0 Å². The SMILES string of the molecule is N#CO.O.O.O.O.O.O.O.O.O.O.[Fe].[NaH]. The Morgan fingerprint density at radius 2 is 0.600 bits per heavy atom. The van der Waals surface area contributed by atoms with E-state index in [-0.39, 0.29) is 101 Å². The van der Waals surface area contributed by atoms with Crippen molar-refractivity contribution in [2.45, 2.75) is 0 Å². The maximum atomic E-state index is 6.88. The zero-order valence-corrected chi connectivity index (χ0v) is 7.85. The van der Waals surface area contributed by atoms with Gasteiger partial charge in [0.2, 0.25) is 0 Å². The van der Waals surface area contributed by atoms with Crippen LogP contribution in [-0.2, 0) is 17.1 Å². The zero-order valence-electron chi connectivity index (χ0n) is 6.75. The van der Waals surface area contributed by atoms with Gasteiger partial charge in [-0.25, -0.2) is 0 Å². The average molecular weight is 303 g/mol. The van der Waals surface area contributed by atoms with Gasteiger partial charge in [0.1, 0.15) is 0 Å². The summed E-state index contributed by atoms with van der Waals surface area (Å²) in [4.78, 5) is 0. The molecule has 0 aliphatic heterocycles. The summed E-state index contributed by atoms with van der Waals surface area (Å²) in [5, 5.41) is 13.8. The van der Waals surface area contributed by atoms with Gasteiger partial charge < -0.3 is 59.9 Å². The second kappa shape index (κ2) is 1300. The first-order valence-corrected chi connectivity index (χ1v) is 0.447. The Labute approximate surface area is 118 Å². The predicted octanol–water partition coefficient (Wildman–Crippen LogP) is -9.06. The molecule has 12 nitrogen and oxygen atoms in total. The molecular formula is CH22FeNNaO11. The third-order valence-electron chi connectivity index (χ3n) is 0. The Morgan fingerprint density at radius 1 is 0.600 bits per heavy atom. The van der Waals surface area contributed by atoms with Crippen LogP contribution in [-0.4, -0.2) is 89.4 Å². The first-order chi connectivity index (χ1) is 1.41. The van der Waals surface area contributed by atoms with E-state index in [2.05, 4.69) is 0 Å². The number of aliphatic hydroxyl groups excluding tert-OH is 1. The molecule has 0 aliphatic carbocycles. The Bertz CT molecular complexity index is 42.1. The monoisotopic (exact) mass is 303 g/mol. The Morgan fingerprint density at radius 3 is 0.600 bits per heavy atom. The van der Waals surface area contributed by atoms with Crippen molar-refractivity contribution in [3.8, 4) is 6.26 Å². The van der Waals surface area contributed by atoms with Crippen LogP contribution >= 0.6 is 0 Å². The molecule has 0 aromatic heterocycles. The molecule has 0 aliphatic rings. The number of nitriles is 1. The van der Waals surface area contributed by atoms with Gasteiger partial charge in [-0.05, 0) is 0 Å². The van der Waals surface area contributed by atoms with E-state index >= 15 is 0 Å². The van der Waals surface area contributed by atoms with Crippen LogP contribution in [0.1, 0.15) is 0 Å². The van der Waals surface area contributed by atoms with E-state index in [0.717, 1.165) is 6.26 Å². The van der Waals surface area contributed by atoms with Crippen molar-refractivity contribution < 1.29 is 76.9 Å². The molecule has 0 aromatic carbocycles. The molecule has 0 spiro atoms. The van der Waals surface area contributed by atoms with E-state index in [4.69, 9.17) is 10.4 Å². The predicted molar refractivity (Wildman–Crippen MR) is 50.8 cm³/mol. The summed E-state index contributed by atoms with van der Waals surface area (Å²) in [7, 11) is 0. The molecule has 0 unspecified atom stereocenters. The van der Waals surface area contributed by atoms with E-state index in [1.165, 1.54) is 0 Å². The van der Waals surface area contributed by atoms with Crippen LogP contribution in [0.15, 0.2) is 0 Å². The van der Waals surface area contributed by atoms with Gasteiger partial charge in [-0.2, -0.15) is 5.26 Å². The molecule has 106 valence electrons. The van der Waals surface area contributed by atoms with Crippen LogP contribution in [0.25, 0.3) is 0 Å². The molecule has 0 amide bonds. The van der Waals surface area contributed by atoms with Crippen molar-refractivity contribution in [3.05, 3.63) is 0 Å². The van der Waals surface area contributed by atoms with E-state index in [9.17, 15) is 0 Å². The second-order valence-electron chi connectivity index (χ2n) is 0.100. The quantitative estimate of drug-likeness (QED) is 0.336. The minimum absolute atomic E-state index is 0. The summed E-state index contributed by atoms with van der Waals surface area (Å²) >= 11 is 0.